The largest absolute Gasteiger partial charge is 0.390 e. The van der Waals surface area contributed by atoms with E-state index in [1.54, 1.807) is 24.6 Å². The van der Waals surface area contributed by atoms with Gasteiger partial charge in [-0.25, -0.2) is 15.0 Å². The Balaban J connectivity index is 1.36. The van der Waals surface area contributed by atoms with Crippen molar-refractivity contribution >= 4 is 40.7 Å². The lowest BCUT2D eigenvalue weighted by molar-refractivity contribution is 0.0930. The van der Waals surface area contributed by atoms with Crippen molar-refractivity contribution in [3.05, 3.63) is 40.1 Å². The summed E-state index contributed by atoms with van der Waals surface area (Å²) in [6.45, 7) is 8.55. The van der Waals surface area contributed by atoms with Crippen molar-refractivity contribution in [2.24, 2.45) is 11.1 Å². The average molecular weight is 590 g/mol. The van der Waals surface area contributed by atoms with Gasteiger partial charge in [0.25, 0.3) is 5.91 Å². The fourth-order valence-electron chi connectivity index (χ4n) is 5.60. The van der Waals surface area contributed by atoms with Gasteiger partial charge in [0.2, 0.25) is 0 Å². The van der Waals surface area contributed by atoms with E-state index >= 15 is 0 Å². The predicted molar refractivity (Wildman–Crippen MR) is 153 cm³/mol. The molecule has 4 N–H and O–H groups in total. The van der Waals surface area contributed by atoms with Crippen LogP contribution in [0.3, 0.4) is 0 Å². The molecule has 2 saturated heterocycles. The molecule has 0 aliphatic carbocycles. The zero-order chi connectivity index (χ0) is 28.6. The molecule has 2 fully saturated rings. The zero-order valence-electron chi connectivity index (χ0n) is 23.2. The summed E-state index contributed by atoms with van der Waals surface area (Å²) in [5.74, 6) is 0.457. The Bertz CT molecular complexity index is 1410. The van der Waals surface area contributed by atoms with Gasteiger partial charge in [-0.2, -0.15) is 0 Å². The van der Waals surface area contributed by atoms with Crippen LogP contribution in [0.2, 0.25) is 5.02 Å². The smallest absolute Gasteiger partial charge is 0.270 e. The number of rotatable bonds is 8. The highest BCUT2D eigenvalue weighted by atomic mass is 35.5. The minimum absolute atomic E-state index is 0.00137. The van der Waals surface area contributed by atoms with Crippen LogP contribution < -0.4 is 16.0 Å². The highest BCUT2D eigenvalue weighted by molar-refractivity contribution is 7.99. The molecule has 40 heavy (non-hydrogen) atoms. The fraction of sp³-hybridized carbons (Fsp3) is 0.556. The number of nitrogens with zero attached hydrogens (tertiary/aromatic N) is 5. The highest BCUT2D eigenvalue weighted by Gasteiger charge is 2.47. The first-order chi connectivity index (χ1) is 19.2. The van der Waals surface area contributed by atoms with E-state index in [2.05, 4.69) is 15.2 Å². The van der Waals surface area contributed by atoms with E-state index < -0.39 is 0 Å². The molecule has 0 bridgehead atoms. The fourth-order valence-corrected chi connectivity index (χ4v) is 6.78. The number of carbonyl (C=O) groups is 1. The third-order valence-corrected chi connectivity index (χ3v) is 9.64. The molecule has 2 atom stereocenters. The van der Waals surface area contributed by atoms with Gasteiger partial charge in [0.05, 0.1) is 42.3 Å². The van der Waals surface area contributed by atoms with Crippen LogP contribution in [0, 0.1) is 19.3 Å². The SMILES string of the molecule is COCCNC(=O)c1c(C)nc2c(Cl)c(Sc3nc(CO)c(N4CCC5(CC4)CO[C@@H](C)[C@H]5N)nc3C)ccn12. The number of pyridine rings is 1. The normalized spacial score (nSPS) is 20.5. The molecule has 2 aliphatic rings. The van der Waals surface area contributed by atoms with Crippen LogP contribution in [-0.4, -0.2) is 82.5 Å². The van der Waals surface area contributed by atoms with E-state index in [0.29, 0.717) is 58.4 Å². The molecule has 1 spiro atoms. The Morgan fingerprint density at radius 3 is 2.70 bits per heavy atom. The van der Waals surface area contributed by atoms with Gasteiger partial charge in [0.1, 0.15) is 16.4 Å². The number of aryl methyl sites for hydroxylation is 2. The lowest BCUT2D eigenvalue weighted by Crippen LogP contribution is -2.51. The van der Waals surface area contributed by atoms with E-state index in [9.17, 15) is 9.90 Å². The summed E-state index contributed by atoms with van der Waals surface area (Å²) in [5.41, 5.74) is 9.23. The van der Waals surface area contributed by atoms with Crippen molar-refractivity contribution in [1.29, 1.82) is 0 Å². The van der Waals surface area contributed by atoms with Crippen molar-refractivity contribution in [3.63, 3.8) is 0 Å². The first-order valence-corrected chi connectivity index (χ1v) is 14.6. The van der Waals surface area contributed by atoms with E-state index in [1.807, 2.05) is 19.9 Å². The maximum absolute atomic E-state index is 12.7. The van der Waals surface area contributed by atoms with Crippen molar-refractivity contribution in [2.45, 2.75) is 62.3 Å². The molecule has 5 heterocycles. The monoisotopic (exact) mass is 589 g/mol. The highest BCUT2D eigenvalue weighted by Crippen LogP contribution is 2.43. The number of fused-ring (bicyclic) bond motifs is 1. The minimum atomic E-state index is -0.246. The topological polar surface area (TPSA) is 140 Å². The van der Waals surface area contributed by atoms with Crippen LogP contribution in [0.5, 0.6) is 0 Å². The number of hydrogen-bond acceptors (Lipinski definition) is 10. The number of aromatic nitrogens is 4. The second-order valence-corrected chi connectivity index (χ2v) is 11.9. The summed E-state index contributed by atoms with van der Waals surface area (Å²) in [5, 5.41) is 14.1. The predicted octanol–water partition coefficient (Wildman–Crippen LogP) is 2.75. The number of piperidine rings is 1. The van der Waals surface area contributed by atoms with Gasteiger partial charge < -0.3 is 30.5 Å². The van der Waals surface area contributed by atoms with Crippen molar-refractivity contribution in [1.82, 2.24) is 24.7 Å². The Morgan fingerprint density at radius 2 is 2.05 bits per heavy atom. The van der Waals surface area contributed by atoms with E-state index in [1.165, 1.54) is 11.8 Å². The van der Waals surface area contributed by atoms with Crippen LogP contribution in [0.15, 0.2) is 22.2 Å². The third kappa shape index (κ3) is 5.28. The van der Waals surface area contributed by atoms with Gasteiger partial charge in [-0.05, 0) is 39.7 Å². The molecule has 11 nitrogen and oxygen atoms in total. The molecule has 3 aromatic heterocycles. The lowest BCUT2D eigenvalue weighted by atomic mass is 9.73. The number of halogens is 1. The van der Waals surface area contributed by atoms with E-state index in [-0.39, 0.29) is 30.1 Å². The number of imidazole rings is 1. The Labute approximate surface area is 242 Å². The summed E-state index contributed by atoms with van der Waals surface area (Å²) in [6.07, 6.45) is 3.67. The molecular formula is C27H36ClN7O4S. The second-order valence-electron chi connectivity index (χ2n) is 10.5. The summed E-state index contributed by atoms with van der Waals surface area (Å²) in [7, 11) is 1.58. The summed E-state index contributed by atoms with van der Waals surface area (Å²) in [4.78, 5) is 29.9. The van der Waals surface area contributed by atoms with E-state index in [0.717, 1.165) is 36.5 Å². The molecule has 3 aromatic rings. The molecule has 1 amide bonds. The van der Waals surface area contributed by atoms with Gasteiger partial charge in [-0.15, -0.1) is 0 Å². The molecule has 0 aromatic carbocycles. The lowest BCUT2D eigenvalue weighted by Gasteiger charge is -2.42. The molecule has 2 aliphatic heterocycles. The molecule has 216 valence electrons. The number of methoxy groups -OCH3 is 1. The molecule has 13 heteroatoms. The van der Waals surface area contributed by atoms with Gasteiger partial charge in [0, 0.05) is 49.3 Å². The summed E-state index contributed by atoms with van der Waals surface area (Å²) in [6, 6.07) is 1.86. The number of nitrogens with two attached hydrogens (primary N) is 1. The summed E-state index contributed by atoms with van der Waals surface area (Å²) < 4.78 is 12.6. The molecule has 0 unspecified atom stereocenters. The first-order valence-electron chi connectivity index (χ1n) is 13.4. The number of carbonyl (C=O) groups excluding carboxylic acids is 1. The Kier molecular flexibility index (Phi) is 8.55. The molecule has 0 radical (unpaired) electrons. The van der Waals surface area contributed by atoms with Crippen LogP contribution in [0.4, 0.5) is 5.82 Å². The molecule has 0 saturated carbocycles. The van der Waals surface area contributed by atoms with Gasteiger partial charge in [-0.1, -0.05) is 23.4 Å². The van der Waals surface area contributed by atoms with Gasteiger partial charge >= 0.3 is 0 Å². The van der Waals surface area contributed by atoms with Crippen LogP contribution >= 0.6 is 23.4 Å². The van der Waals surface area contributed by atoms with Crippen LogP contribution in [0.1, 0.15) is 47.3 Å². The zero-order valence-corrected chi connectivity index (χ0v) is 24.8. The average Bonchev–Trinajstić information content (AvgIpc) is 3.43. The van der Waals surface area contributed by atoms with Crippen molar-refractivity contribution < 1.29 is 19.4 Å². The number of ether oxygens (including phenoxy) is 2. The van der Waals surface area contributed by atoms with Crippen LogP contribution in [0.25, 0.3) is 5.65 Å². The standard InChI is InChI=1S/C27H36ClN7O4S/c1-15-21(25(37)30-8-12-38-4)35-9-5-19(20(28)24(35)31-15)40-26-16(2)32-23(18(13-36)33-26)34-10-6-27(7-11-34)14-39-17(3)22(27)29/h5,9,17,22,36H,6-8,10-14,29H2,1-4H3,(H,30,37)/t17-,22+/m0/s1. The number of aliphatic hydroxyl groups excluding tert-OH is 1. The number of aliphatic hydroxyl groups is 1. The Hall–Kier alpha value is -2.48. The van der Waals surface area contributed by atoms with Gasteiger partial charge in [-0.3, -0.25) is 9.20 Å². The van der Waals surface area contributed by atoms with Crippen LogP contribution in [-0.2, 0) is 16.1 Å². The number of hydrogen-bond donors (Lipinski definition) is 3. The van der Waals surface area contributed by atoms with Crippen molar-refractivity contribution in [2.75, 3.05) is 44.9 Å². The quantitative estimate of drug-likeness (QED) is 0.336. The number of amides is 1. The maximum atomic E-state index is 12.7. The van der Waals surface area contributed by atoms with Crippen molar-refractivity contribution in [3.8, 4) is 0 Å². The number of nitrogens with one attached hydrogen (secondary N) is 1. The second kappa shape index (κ2) is 11.8. The Morgan fingerprint density at radius 1 is 1.30 bits per heavy atom. The molecular weight excluding hydrogens is 554 g/mol. The number of anilines is 1. The maximum Gasteiger partial charge on any atom is 0.270 e. The molecule has 5 rings (SSSR count). The van der Waals surface area contributed by atoms with Gasteiger partial charge in [0.15, 0.2) is 11.5 Å². The minimum Gasteiger partial charge on any atom is -0.390 e. The first kappa shape index (κ1) is 29.0. The third-order valence-electron chi connectivity index (χ3n) is 8.02. The van der Waals surface area contributed by atoms with E-state index in [4.69, 9.17) is 36.8 Å². The summed E-state index contributed by atoms with van der Waals surface area (Å²) >= 11 is 8.14.